The SMILES string of the molecule is CCCNc1nc(C)nc(SCCN(C)C)c1C. The predicted octanol–water partition coefficient (Wildman–Crippen LogP) is 2.57. The quantitative estimate of drug-likeness (QED) is 0.608. The molecule has 0 aliphatic heterocycles. The maximum absolute atomic E-state index is 4.53. The third-order valence-electron chi connectivity index (χ3n) is 2.53. The molecule has 0 aliphatic carbocycles. The van der Waals surface area contributed by atoms with Crippen molar-refractivity contribution < 1.29 is 0 Å². The van der Waals surface area contributed by atoms with Gasteiger partial charge in [-0.05, 0) is 34.4 Å². The fourth-order valence-electron chi connectivity index (χ4n) is 1.48. The summed E-state index contributed by atoms with van der Waals surface area (Å²) in [4.78, 5) is 11.2. The summed E-state index contributed by atoms with van der Waals surface area (Å²) in [6.45, 7) is 8.22. The molecule has 0 saturated heterocycles. The van der Waals surface area contributed by atoms with Gasteiger partial charge in [-0.2, -0.15) is 0 Å². The lowest BCUT2D eigenvalue weighted by molar-refractivity contribution is 0.437. The minimum Gasteiger partial charge on any atom is -0.370 e. The van der Waals surface area contributed by atoms with Crippen LogP contribution in [0.15, 0.2) is 5.03 Å². The van der Waals surface area contributed by atoms with Crippen molar-refractivity contribution in [1.82, 2.24) is 14.9 Å². The summed E-state index contributed by atoms with van der Waals surface area (Å²) < 4.78 is 0. The summed E-state index contributed by atoms with van der Waals surface area (Å²) >= 11 is 1.80. The molecule has 5 heteroatoms. The highest BCUT2D eigenvalue weighted by molar-refractivity contribution is 7.99. The Bertz CT molecular complexity index is 379. The maximum atomic E-state index is 4.53. The highest BCUT2D eigenvalue weighted by Gasteiger charge is 2.09. The third kappa shape index (κ3) is 4.82. The van der Waals surface area contributed by atoms with Crippen molar-refractivity contribution in [1.29, 1.82) is 0 Å². The molecule has 0 atom stereocenters. The van der Waals surface area contributed by atoms with Gasteiger partial charge >= 0.3 is 0 Å². The van der Waals surface area contributed by atoms with Gasteiger partial charge in [-0.3, -0.25) is 0 Å². The van der Waals surface area contributed by atoms with E-state index in [1.54, 1.807) is 11.8 Å². The van der Waals surface area contributed by atoms with Crippen LogP contribution in [-0.4, -0.2) is 47.8 Å². The van der Waals surface area contributed by atoms with Crippen LogP contribution >= 0.6 is 11.8 Å². The van der Waals surface area contributed by atoms with Gasteiger partial charge < -0.3 is 10.2 Å². The zero-order chi connectivity index (χ0) is 13.5. The van der Waals surface area contributed by atoms with Crippen molar-refractivity contribution >= 4 is 17.6 Å². The smallest absolute Gasteiger partial charge is 0.133 e. The van der Waals surface area contributed by atoms with Crippen LogP contribution in [0.5, 0.6) is 0 Å². The molecule has 4 nitrogen and oxygen atoms in total. The first kappa shape index (κ1) is 15.2. The van der Waals surface area contributed by atoms with Crippen LogP contribution in [0.4, 0.5) is 5.82 Å². The summed E-state index contributed by atoms with van der Waals surface area (Å²) in [5.74, 6) is 2.88. The van der Waals surface area contributed by atoms with Crippen LogP contribution in [0, 0.1) is 13.8 Å². The molecule has 0 spiro atoms. The number of thioether (sulfide) groups is 1. The lowest BCUT2D eigenvalue weighted by atomic mass is 10.3. The van der Waals surface area contributed by atoms with Gasteiger partial charge in [0.25, 0.3) is 0 Å². The third-order valence-corrected chi connectivity index (χ3v) is 3.59. The highest BCUT2D eigenvalue weighted by Crippen LogP contribution is 2.24. The molecule has 1 aromatic heterocycles. The molecule has 0 fully saturated rings. The number of rotatable bonds is 7. The van der Waals surface area contributed by atoms with Crippen LogP contribution in [0.3, 0.4) is 0 Å². The van der Waals surface area contributed by atoms with E-state index in [2.05, 4.69) is 48.1 Å². The number of hydrogen-bond acceptors (Lipinski definition) is 5. The van der Waals surface area contributed by atoms with E-state index in [-0.39, 0.29) is 0 Å². The van der Waals surface area contributed by atoms with E-state index >= 15 is 0 Å². The number of hydrogen-bond donors (Lipinski definition) is 1. The molecule has 0 unspecified atom stereocenters. The number of nitrogens with one attached hydrogen (secondary N) is 1. The first-order chi connectivity index (χ1) is 8.54. The summed E-state index contributed by atoms with van der Waals surface area (Å²) in [6.07, 6.45) is 1.10. The average molecular weight is 268 g/mol. The van der Waals surface area contributed by atoms with Crippen LogP contribution in [-0.2, 0) is 0 Å². The van der Waals surface area contributed by atoms with Gasteiger partial charge in [0.2, 0.25) is 0 Å². The van der Waals surface area contributed by atoms with E-state index < -0.39 is 0 Å². The molecular formula is C13H24N4S. The Kier molecular flexibility index (Phi) is 6.43. The van der Waals surface area contributed by atoms with Gasteiger partial charge in [-0.1, -0.05) is 6.92 Å². The van der Waals surface area contributed by atoms with Gasteiger partial charge in [0.05, 0.1) is 0 Å². The zero-order valence-corrected chi connectivity index (χ0v) is 12.9. The van der Waals surface area contributed by atoms with Gasteiger partial charge in [0.1, 0.15) is 16.7 Å². The molecule has 0 bridgehead atoms. The Labute approximate surface area is 115 Å². The van der Waals surface area contributed by atoms with Gasteiger partial charge in [-0.25, -0.2) is 9.97 Å². The molecule has 1 N–H and O–H groups in total. The van der Waals surface area contributed by atoms with E-state index in [0.29, 0.717) is 0 Å². The van der Waals surface area contributed by atoms with Crippen LogP contribution in [0.25, 0.3) is 0 Å². The number of anilines is 1. The summed E-state index contributed by atoms with van der Waals surface area (Å²) in [5, 5.41) is 4.47. The molecule has 0 aromatic carbocycles. The summed E-state index contributed by atoms with van der Waals surface area (Å²) in [5.41, 5.74) is 1.16. The Balaban J connectivity index is 2.74. The minimum absolute atomic E-state index is 0.839. The Morgan fingerprint density at radius 3 is 2.56 bits per heavy atom. The van der Waals surface area contributed by atoms with Crippen LogP contribution in [0.1, 0.15) is 24.7 Å². The average Bonchev–Trinajstić information content (AvgIpc) is 2.30. The monoisotopic (exact) mass is 268 g/mol. The topological polar surface area (TPSA) is 41.1 Å². The maximum Gasteiger partial charge on any atom is 0.133 e. The second kappa shape index (κ2) is 7.59. The molecule has 102 valence electrons. The largest absolute Gasteiger partial charge is 0.370 e. The number of nitrogens with zero attached hydrogens (tertiary/aromatic N) is 3. The molecule has 0 aliphatic rings. The molecule has 0 saturated carbocycles. The second-order valence-corrected chi connectivity index (χ2v) is 5.71. The fraction of sp³-hybridized carbons (Fsp3) is 0.692. The second-order valence-electron chi connectivity index (χ2n) is 4.63. The fourth-order valence-corrected chi connectivity index (χ4v) is 2.64. The lowest BCUT2D eigenvalue weighted by Gasteiger charge is -2.13. The van der Waals surface area contributed by atoms with Gasteiger partial charge in [0.15, 0.2) is 0 Å². The van der Waals surface area contributed by atoms with Crippen LogP contribution in [0.2, 0.25) is 0 Å². The Morgan fingerprint density at radius 2 is 1.94 bits per heavy atom. The molecule has 0 amide bonds. The van der Waals surface area contributed by atoms with E-state index in [1.807, 2.05) is 6.92 Å². The molecule has 18 heavy (non-hydrogen) atoms. The van der Waals surface area contributed by atoms with E-state index in [0.717, 1.165) is 47.5 Å². The van der Waals surface area contributed by atoms with E-state index in [9.17, 15) is 0 Å². The van der Waals surface area contributed by atoms with Gasteiger partial charge in [-0.15, -0.1) is 11.8 Å². The normalized spacial score (nSPS) is 11.0. The first-order valence-corrected chi connectivity index (χ1v) is 7.39. The summed E-state index contributed by atoms with van der Waals surface area (Å²) in [6, 6.07) is 0. The van der Waals surface area contributed by atoms with Crippen molar-refractivity contribution in [2.75, 3.05) is 38.3 Å². The van der Waals surface area contributed by atoms with Crippen molar-refractivity contribution in [3.8, 4) is 0 Å². The van der Waals surface area contributed by atoms with Crippen molar-refractivity contribution in [2.45, 2.75) is 32.2 Å². The molecule has 1 rings (SSSR count). The first-order valence-electron chi connectivity index (χ1n) is 6.41. The Morgan fingerprint density at radius 1 is 1.22 bits per heavy atom. The van der Waals surface area contributed by atoms with Crippen molar-refractivity contribution in [3.63, 3.8) is 0 Å². The van der Waals surface area contributed by atoms with Crippen molar-refractivity contribution in [2.24, 2.45) is 0 Å². The minimum atomic E-state index is 0.839. The number of aromatic nitrogens is 2. The molecule has 1 heterocycles. The molecule has 0 radical (unpaired) electrons. The predicted molar refractivity (Wildman–Crippen MR) is 79.6 cm³/mol. The lowest BCUT2D eigenvalue weighted by Crippen LogP contribution is -2.15. The van der Waals surface area contributed by atoms with Crippen molar-refractivity contribution in [3.05, 3.63) is 11.4 Å². The Hall–Kier alpha value is -0.810. The highest BCUT2D eigenvalue weighted by atomic mass is 32.2. The molecular weight excluding hydrogens is 244 g/mol. The van der Waals surface area contributed by atoms with E-state index in [1.165, 1.54) is 0 Å². The summed E-state index contributed by atoms with van der Waals surface area (Å²) in [7, 11) is 4.18. The number of aryl methyl sites for hydroxylation is 1. The van der Waals surface area contributed by atoms with Gasteiger partial charge in [0, 0.05) is 24.4 Å². The van der Waals surface area contributed by atoms with Crippen LogP contribution < -0.4 is 5.32 Å². The van der Waals surface area contributed by atoms with E-state index in [4.69, 9.17) is 0 Å². The zero-order valence-electron chi connectivity index (χ0n) is 12.1. The standard InChI is InChI=1S/C13H24N4S/c1-6-7-14-12-10(2)13(16-11(3)15-12)18-9-8-17(4)5/h6-9H2,1-5H3,(H,14,15,16). The molecule has 1 aromatic rings.